The Morgan fingerprint density at radius 2 is 1.94 bits per heavy atom. The molecule has 0 aliphatic heterocycles. The summed E-state index contributed by atoms with van der Waals surface area (Å²) in [5, 5.41) is 11.9. The van der Waals surface area contributed by atoms with Crippen LogP contribution in [0, 0.1) is 5.92 Å². The predicted molar refractivity (Wildman–Crippen MR) is 71.5 cm³/mol. The van der Waals surface area contributed by atoms with Gasteiger partial charge in [0.05, 0.1) is 16.3 Å². The average molecular weight is 290 g/mol. The van der Waals surface area contributed by atoms with E-state index in [1.807, 2.05) is 13.8 Å². The molecule has 1 rings (SSSR count). The van der Waals surface area contributed by atoms with Crippen molar-refractivity contribution in [2.45, 2.75) is 20.3 Å². The van der Waals surface area contributed by atoms with E-state index in [9.17, 15) is 9.59 Å². The number of carboxylic acids is 1. The van der Waals surface area contributed by atoms with E-state index in [-0.39, 0.29) is 39.5 Å². The lowest BCUT2D eigenvalue weighted by atomic mass is 10.1. The van der Waals surface area contributed by atoms with Crippen LogP contribution in [0.15, 0.2) is 12.1 Å². The number of amides is 1. The van der Waals surface area contributed by atoms with Gasteiger partial charge in [0.25, 0.3) is 0 Å². The molecular formula is C12H13Cl2NO3. The fourth-order valence-electron chi connectivity index (χ4n) is 1.43. The van der Waals surface area contributed by atoms with Crippen molar-refractivity contribution in [2.24, 2.45) is 5.92 Å². The molecule has 0 heterocycles. The van der Waals surface area contributed by atoms with Crippen molar-refractivity contribution in [1.29, 1.82) is 0 Å². The Kier molecular flexibility index (Phi) is 4.99. The number of benzene rings is 1. The molecule has 4 nitrogen and oxygen atoms in total. The van der Waals surface area contributed by atoms with Crippen LogP contribution in [0.3, 0.4) is 0 Å². The largest absolute Gasteiger partial charge is 0.478 e. The minimum Gasteiger partial charge on any atom is -0.478 e. The van der Waals surface area contributed by atoms with Gasteiger partial charge in [0.2, 0.25) is 5.91 Å². The number of hydrogen-bond acceptors (Lipinski definition) is 2. The zero-order valence-electron chi connectivity index (χ0n) is 9.96. The number of hydrogen-bond donors (Lipinski definition) is 2. The van der Waals surface area contributed by atoms with Gasteiger partial charge in [-0.1, -0.05) is 37.0 Å². The summed E-state index contributed by atoms with van der Waals surface area (Å²) in [4.78, 5) is 22.7. The Balaban J connectivity index is 3.07. The van der Waals surface area contributed by atoms with Gasteiger partial charge in [-0.25, -0.2) is 4.79 Å². The molecule has 0 fully saturated rings. The first kappa shape index (κ1) is 14.8. The van der Waals surface area contributed by atoms with E-state index in [1.165, 1.54) is 12.1 Å². The van der Waals surface area contributed by atoms with Crippen LogP contribution in [0.4, 0.5) is 5.69 Å². The van der Waals surface area contributed by atoms with E-state index < -0.39 is 5.97 Å². The van der Waals surface area contributed by atoms with Gasteiger partial charge in [0.1, 0.15) is 0 Å². The molecule has 18 heavy (non-hydrogen) atoms. The lowest BCUT2D eigenvalue weighted by Gasteiger charge is -2.12. The van der Waals surface area contributed by atoms with E-state index in [0.717, 1.165) is 0 Å². The van der Waals surface area contributed by atoms with Gasteiger partial charge in [-0.15, -0.1) is 0 Å². The molecule has 0 atom stereocenters. The SMILES string of the molecule is CC(C)CC(=O)Nc1c(Cl)cc(Cl)cc1C(=O)O. The fraction of sp³-hybridized carbons (Fsp3) is 0.333. The lowest BCUT2D eigenvalue weighted by Crippen LogP contribution is -2.16. The molecule has 0 radical (unpaired) electrons. The van der Waals surface area contributed by atoms with Gasteiger partial charge in [0.15, 0.2) is 0 Å². The van der Waals surface area contributed by atoms with Crippen molar-refractivity contribution < 1.29 is 14.7 Å². The lowest BCUT2D eigenvalue weighted by molar-refractivity contribution is -0.116. The molecule has 0 aliphatic rings. The second-order valence-electron chi connectivity index (χ2n) is 4.26. The minimum absolute atomic E-state index is 0.0826. The first-order valence-electron chi connectivity index (χ1n) is 5.33. The highest BCUT2D eigenvalue weighted by Crippen LogP contribution is 2.30. The van der Waals surface area contributed by atoms with Crippen LogP contribution in [-0.2, 0) is 4.79 Å². The molecule has 2 N–H and O–H groups in total. The minimum atomic E-state index is -1.20. The second kappa shape index (κ2) is 6.07. The van der Waals surface area contributed by atoms with Crippen LogP contribution in [0.25, 0.3) is 0 Å². The maximum absolute atomic E-state index is 11.6. The van der Waals surface area contributed by atoms with Crippen LogP contribution in [0.5, 0.6) is 0 Å². The van der Waals surface area contributed by atoms with Crippen LogP contribution < -0.4 is 5.32 Å². The molecule has 1 aromatic carbocycles. The number of carboxylic acid groups (broad SMARTS) is 1. The highest BCUT2D eigenvalue weighted by Gasteiger charge is 2.17. The normalized spacial score (nSPS) is 10.5. The molecule has 0 bridgehead atoms. The van der Waals surface area contributed by atoms with Crippen molar-refractivity contribution in [2.75, 3.05) is 5.32 Å². The van der Waals surface area contributed by atoms with E-state index >= 15 is 0 Å². The van der Waals surface area contributed by atoms with Gasteiger partial charge < -0.3 is 10.4 Å². The molecule has 6 heteroatoms. The zero-order valence-corrected chi connectivity index (χ0v) is 11.5. The Hall–Kier alpha value is -1.26. The maximum Gasteiger partial charge on any atom is 0.337 e. The van der Waals surface area contributed by atoms with Crippen molar-refractivity contribution in [1.82, 2.24) is 0 Å². The molecule has 0 unspecified atom stereocenters. The summed E-state index contributed by atoms with van der Waals surface area (Å²) in [7, 11) is 0. The molecule has 0 saturated heterocycles. The van der Waals surface area contributed by atoms with E-state index in [0.29, 0.717) is 0 Å². The Morgan fingerprint density at radius 3 is 2.44 bits per heavy atom. The summed E-state index contributed by atoms with van der Waals surface area (Å²) in [6.07, 6.45) is 0.290. The van der Waals surface area contributed by atoms with E-state index in [2.05, 4.69) is 5.32 Å². The van der Waals surface area contributed by atoms with Crippen LogP contribution >= 0.6 is 23.2 Å². The smallest absolute Gasteiger partial charge is 0.337 e. The molecule has 98 valence electrons. The van der Waals surface area contributed by atoms with Gasteiger partial charge in [-0.3, -0.25) is 4.79 Å². The molecule has 0 aromatic heterocycles. The third-order valence-corrected chi connectivity index (χ3v) is 2.66. The number of aromatic carboxylic acids is 1. The van der Waals surface area contributed by atoms with Crippen molar-refractivity contribution in [3.63, 3.8) is 0 Å². The monoisotopic (exact) mass is 289 g/mol. The topological polar surface area (TPSA) is 66.4 Å². The summed E-state index contributed by atoms with van der Waals surface area (Å²) in [5.41, 5.74) is -0.0381. The highest BCUT2D eigenvalue weighted by atomic mass is 35.5. The Labute approximate surface area is 115 Å². The standard InChI is InChI=1S/C12H13Cl2NO3/c1-6(2)3-10(16)15-11-8(12(17)18)4-7(13)5-9(11)14/h4-6H,3H2,1-2H3,(H,15,16)(H,17,18). The van der Waals surface area contributed by atoms with Crippen molar-refractivity contribution in [3.05, 3.63) is 27.7 Å². The van der Waals surface area contributed by atoms with Gasteiger partial charge in [-0.05, 0) is 18.1 Å². The average Bonchev–Trinajstić information content (AvgIpc) is 2.20. The Bertz CT molecular complexity index is 486. The summed E-state index contributed by atoms with van der Waals surface area (Å²) in [6.45, 7) is 3.78. The summed E-state index contributed by atoms with van der Waals surface area (Å²) < 4.78 is 0. The number of halogens is 2. The summed E-state index contributed by atoms with van der Waals surface area (Å²) >= 11 is 11.6. The van der Waals surface area contributed by atoms with Crippen molar-refractivity contribution in [3.8, 4) is 0 Å². The van der Waals surface area contributed by atoms with E-state index in [1.54, 1.807) is 0 Å². The third-order valence-electron chi connectivity index (χ3n) is 2.14. The van der Waals surface area contributed by atoms with E-state index in [4.69, 9.17) is 28.3 Å². The predicted octanol–water partition coefficient (Wildman–Crippen LogP) is 3.68. The number of carbonyl (C=O) groups is 2. The summed E-state index contributed by atoms with van der Waals surface area (Å²) in [5.74, 6) is -1.31. The van der Waals surface area contributed by atoms with Crippen LogP contribution in [0.2, 0.25) is 10.0 Å². The molecular weight excluding hydrogens is 277 g/mol. The molecule has 1 aromatic rings. The highest BCUT2D eigenvalue weighted by molar-refractivity contribution is 6.37. The van der Waals surface area contributed by atoms with Crippen LogP contribution in [-0.4, -0.2) is 17.0 Å². The quantitative estimate of drug-likeness (QED) is 0.889. The van der Waals surface area contributed by atoms with Crippen molar-refractivity contribution >= 4 is 40.8 Å². The number of carbonyl (C=O) groups excluding carboxylic acids is 1. The zero-order chi connectivity index (χ0) is 13.9. The van der Waals surface area contributed by atoms with Gasteiger partial charge in [0, 0.05) is 11.4 Å². The maximum atomic E-state index is 11.6. The first-order valence-corrected chi connectivity index (χ1v) is 6.09. The number of nitrogens with one attached hydrogen (secondary N) is 1. The molecule has 0 saturated carbocycles. The first-order chi connectivity index (χ1) is 8.31. The third kappa shape index (κ3) is 3.89. The molecule has 1 amide bonds. The molecule has 0 spiro atoms. The second-order valence-corrected chi connectivity index (χ2v) is 5.11. The fourth-order valence-corrected chi connectivity index (χ4v) is 1.97. The molecule has 0 aliphatic carbocycles. The summed E-state index contributed by atoms with van der Waals surface area (Å²) in [6, 6.07) is 2.64. The number of rotatable bonds is 4. The number of anilines is 1. The van der Waals surface area contributed by atoms with Crippen LogP contribution in [0.1, 0.15) is 30.6 Å². The van der Waals surface area contributed by atoms with Gasteiger partial charge in [-0.2, -0.15) is 0 Å². The van der Waals surface area contributed by atoms with Gasteiger partial charge >= 0.3 is 5.97 Å². The Morgan fingerprint density at radius 1 is 1.33 bits per heavy atom.